The number of rotatable bonds is 6. The van der Waals surface area contributed by atoms with E-state index in [1.807, 2.05) is 18.2 Å². The Labute approximate surface area is 169 Å². The quantitative estimate of drug-likeness (QED) is 0.550. The summed E-state index contributed by atoms with van der Waals surface area (Å²) in [6, 6.07) is 7.31. The van der Waals surface area contributed by atoms with Gasteiger partial charge in [-0.05, 0) is 24.1 Å². The molecule has 1 aliphatic rings. The van der Waals surface area contributed by atoms with E-state index in [2.05, 4.69) is 10.3 Å². The highest BCUT2D eigenvalue weighted by molar-refractivity contribution is 8.26. The van der Waals surface area contributed by atoms with E-state index < -0.39 is 0 Å². The second kappa shape index (κ2) is 8.77. The fourth-order valence-corrected chi connectivity index (χ4v) is 4.33. The summed E-state index contributed by atoms with van der Waals surface area (Å²) >= 11 is 14.1. The van der Waals surface area contributed by atoms with Crippen molar-refractivity contribution in [2.75, 3.05) is 11.9 Å². The fourth-order valence-electron chi connectivity index (χ4n) is 2.29. The Morgan fingerprint density at radius 3 is 2.92 bits per heavy atom. The molecule has 0 spiro atoms. The predicted molar refractivity (Wildman–Crippen MR) is 111 cm³/mol. The minimum Gasteiger partial charge on any atom is -0.302 e. The van der Waals surface area contributed by atoms with Crippen LogP contribution in [0.25, 0.3) is 6.08 Å². The molecule has 2 heterocycles. The number of carbonyl (C=O) groups excluding carboxylic acids is 2. The van der Waals surface area contributed by atoms with Crippen LogP contribution in [0.2, 0.25) is 5.02 Å². The number of thiazole rings is 1. The summed E-state index contributed by atoms with van der Waals surface area (Å²) in [7, 11) is 0. The number of thioether (sulfide) groups is 1. The van der Waals surface area contributed by atoms with E-state index >= 15 is 0 Å². The van der Waals surface area contributed by atoms with Crippen LogP contribution in [0.1, 0.15) is 18.4 Å². The van der Waals surface area contributed by atoms with Crippen molar-refractivity contribution in [3.8, 4) is 0 Å². The van der Waals surface area contributed by atoms with Gasteiger partial charge in [-0.3, -0.25) is 14.5 Å². The molecule has 1 saturated heterocycles. The third-order valence-electron chi connectivity index (χ3n) is 3.53. The average Bonchev–Trinajstić information content (AvgIpc) is 3.20. The monoisotopic (exact) mass is 423 g/mol. The van der Waals surface area contributed by atoms with Crippen molar-refractivity contribution in [1.82, 2.24) is 9.88 Å². The number of hydrogen-bond donors (Lipinski definition) is 1. The molecule has 5 nitrogen and oxygen atoms in total. The first kappa shape index (κ1) is 19.0. The number of nitrogens with one attached hydrogen (secondary N) is 1. The molecule has 1 aromatic carbocycles. The maximum absolute atomic E-state index is 12.6. The zero-order valence-corrected chi connectivity index (χ0v) is 16.7. The minimum atomic E-state index is -0.153. The average molecular weight is 424 g/mol. The second-order valence-electron chi connectivity index (χ2n) is 5.34. The molecule has 0 saturated carbocycles. The maximum atomic E-state index is 12.6. The number of carbonyl (C=O) groups is 2. The molecular weight excluding hydrogens is 410 g/mol. The van der Waals surface area contributed by atoms with Crippen LogP contribution in [0.4, 0.5) is 5.13 Å². The molecule has 1 aliphatic heterocycles. The summed E-state index contributed by atoms with van der Waals surface area (Å²) in [6.07, 6.45) is 4.19. The first-order valence-corrected chi connectivity index (χ1v) is 10.2. The van der Waals surface area contributed by atoms with Crippen LogP contribution in [0, 0.1) is 0 Å². The van der Waals surface area contributed by atoms with Gasteiger partial charge >= 0.3 is 0 Å². The van der Waals surface area contributed by atoms with Gasteiger partial charge in [0.2, 0.25) is 5.91 Å². The van der Waals surface area contributed by atoms with Crippen molar-refractivity contribution < 1.29 is 9.59 Å². The lowest BCUT2D eigenvalue weighted by Crippen LogP contribution is -2.29. The van der Waals surface area contributed by atoms with Gasteiger partial charge in [0, 0.05) is 29.6 Å². The summed E-state index contributed by atoms with van der Waals surface area (Å²) in [5, 5.41) is 5.66. The Bertz CT molecular complexity index is 868. The van der Waals surface area contributed by atoms with E-state index in [0.717, 1.165) is 5.56 Å². The summed E-state index contributed by atoms with van der Waals surface area (Å²) < 4.78 is 0.494. The van der Waals surface area contributed by atoms with Gasteiger partial charge < -0.3 is 5.32 Å². The predicted octanol–water partition coefficient (Wildman–Crippen LogP) is 4.42. The van der Waals surface area contributed by atoms with E-state index in [0.29, 0.717) is 38.8 Å². The van der Waals surface area contributed by atoms with Crippen molar-refractivity contribution in [1.29, 1.82) is 0 Å². The van der Waals surface area contributed by atoms with Crippen LogP contribution in [0.3, 0.4) is 0 Å². The van der Waals surface area contributed by atoms with Crippen LogP contribution in [-0.2, 0) is 9.59 Å². The van der Waals surface area contributed by atoms with Gasteiger partial charge in [0.15, 0.2) is 5.13 Å². The van der Waals surface area contributed by atoms with Crippen molar-refractivity contribution >= 4 is 74.3 Å². The van der Waals surface area contributed by atoms with E-state index in [-0.39, 0.29) is 11.8 Å². The molecule has 0 aliphatic carbocycles. The lowest BCUT2D eigenvalue weighted by Gasteiger charge is -2.13. The lowest BCUT2D eigenvalue weighted by molar-refractivity contribution is -0.122. The van der Waals surface area contributed by atoms with Crippen LogP contribution >= 0.6 is 46.9 Å². The van der Waals surface area contributed by atoms with Crippen LogP contribution in [-0.4, -0.2) is 32.6 Å². The van der Waals surface area contributed by atoms with Crippen LogP contribution in [0.5, 0.6) is 0 Å². The molecule has 1 fully saturated rings. The normalized spacial score (nSPS) is 15.7. The fraction of sp³-hybridized carbons (Fsp3) is 0.176. The standard InChI is InChI=1S/C17H14ClN3O2S3/c18-12-5-2-1-4-11(12)10-13-15(23)21(17(24)26-13)8-3-6-14(22)20-16-19-7-9-25-16/h1-2,4-5,7,9-10H,3,6,8H2,(H,19,20,22). The maximum Gasteiger partial charge on any atom is 0.266 e. The van der Waals surface area contributed by atoms with Gasteiger partial charge in [-0.1, -0.05) is 53.8 Å². The van der Waals surface area contributed by atoms with Gasteiger partial charge in [-0.15, -0.1) is 11.3 Å². The first-order chi connectivity index (χ1) is 12.5. The number of amides is 2. The van der Waals surface area contributed by atoms with Crippen molar-refractivity contribution in [2.24, 2.45) is 0 Å². The van der Waals surface area contributed by atoms with Gasteiger partial charge in [0.05, 0.1) is 4.91 Å². The molecule has 1 N–H and O–H groups in total. The Hall–Kier alpha value is -1.74. The molecular formula is C17H14ClN3O2S3. The van der Waals surface area contributed by atoms with E-state index in [9.17, 15) is 9.59 Å². The number of anilines is 1. The van der Waals surface area contributed by atoms with E-state index in [4.69, 9.17) is 23.8 Å². The molecule has 0 radical (unpaired) electrons. The van der Waals surface area contributed by atoms with Gasteiger partial charge in [0.25, 0.3) is 5.91 Å². The zero-order valence-electron chi connectivity index (χ0n) is 13.5. The highest BCUT2D eigenvalue weighted by Crippen LogP contribution is 2.33. The molecule has 0 bridgehead atoms. The minimum absolute atomic E-state index is 0.128. The number of aromatic nitrogens is 1. The largest absolute Gasteiger partial charge is 0.302 e. The number of benzene rings is 1. The number of hydrogen-bond acceptors (Lipinski definition) is 6. The van der Waals surface area contributed by atoms with Gasteiger partial charge in [0.1, 0.15) is 4.32 Å². The van der Waals surface area contributed by atoms with Crippen LogP contribution in [0.15, 0.2) is 40.7 Å². The number of thiocarbonyl (C=S) groups is 1. The smallest absolute Gasteiger partial charge is 0.266 e. The van der Waals surface area contributed by atoms with Crippen LogP contribution < -0.4 is 5.32 Å². The van der Waals surface area contributed by atoms with Gasteiger partial charge in [-0.2, -0.15) is 0 Å². The van der Waals surface area contributed by atoms with Crippen molar-refractivity contribution in [3.05, 3.63) is 51.3 Å². The zero-order chi connectivity index (χ0) is 18.5. The molecule has 0 atom stereocenters. The third-order valence-corrected chi connectivity index (χ3v) is 5.94. The summed E-state index contributed by atoms with van der Waals surface area (Å²) in [5.41, 5.74) is 0.775. The summed E-state index contributed by atoms with van der Waals surface area (Å²) in [6.45, 7) is 0.399. The topological polar surface area (TPSA) is 62.3 Å². The number of halogens is 1. The molecule has 2 aromatic rings. The molecule has 2 amide bonds. The Morgan fingerprint density at radius 1 is 1.38 bits per heavy atom. The Morgan fingerprint density at radius 2 is 2.19 bits per heavy atom. The lowest BCUT2D eigenvalue weighted by atomic mass is 10.2. The highest BCUT2D eigenvalue weighted by Gasteiger charge is 2.31. The molecule has 26 heavy (non-hydrogen) atoms. The number of nitrogens with zero attached hydrogens (tertiary/aromatic N) is 2. The van der Waals surface area contributed by atoms with Gasteiger partial charge in [-0.25, -0.2) is 4.98 Å². The molecule has 9 heteroatoms. The molecule has 1 aromatic heterocycles. The highest BCUT2D eigenvalue weighted by atomic mass is 35.5. The Kier molecular flexibility index (Phi) is 6.42. The molecule has 0 unspecified atom stereocenters. The summed E-state index contributed by atoms with van der Waals surface area (Å²) in [5.74, 6) is -0.280. The Balaban J connectivity index is 1.56. The summed E-state index contributed by atoms with van der Waals surface area (Å²) in [4.78, 5) is 30.5. The van der Waals surface area contributed by atoms with Crippen molar-refractivity contribution in [3.63, 3.8) is 0 Å². The third kappa shape index (κ3) is 4.70. The SMILES string of the molecule is O=C(CCCN1C(=O)C(=Cc2ccccc2Cl)SC1=S)Nc1nccs1. The molecule has 3 rings (SSSR count). The first-order valence-electron chi connectivity index (χ1n) is 7.74. The molecule has 134 valence electrons. The van der Waals surface area contributed by atoms with E-state index in [1.54, 1.807) is 23.7 Å². The van der Waals surface area contributed by atoms with Crippen molar-refractivity contribution in [2.45, 2.75) is 12.8 Å². The van der Waals surface area contributed by atoms with E-state index in [1.165, 1.54) is 28.0 Å². The second-order valence-corrected chi connectivity index (χ2v) is 8.32.